The van der Waals surface area contributed by atoms with Gasteiger partial charge in [0.25, 0.3) is 0 Å². The molecule has 2 spiro atoms. The van der Waals surface area contributed by atoms with E-state index in [0.29, 0.717) is 16.7 Å². The highest BCUT2D eigenvalue weighted by Crippen LogP contribution is 2.67. The fourth-order valence-electron chi connectivity index (χ4n) is 19.6. The monoisotopic (exact) mass is 1610 g/mol. The van der Waals surface area contributed by atoms with Gasteiger partial charge in [0.1, 0.15) is 0 Å². The maximum atomic E-state index is 9.68. The van der Waals surface area contributed by atoms with Crippen LogP contribution in [0.25, 0.3) is 111 Å². The SMILES string of the molecule is [2H]c1c([2H])c([2H])c(-c2c([2H])c([2H])c(N(c3cccc4c3-c3ccccc3C43c4ccccc4-c4ccccc43)c3c([2H])c([2H])c(-c4c([2H])c([2H])c([2H])c([2H])c4[2H])c([2H])c3[2H])c([2H])c2[2H])c([2H])c1[2H].c1ccc(-c2ccc(N(c3ccc(-c4ccccc4)cc3)c3ccc(-c4ccc(N(c5ccc(-c6ccccc6)cc5)c5cccc6c5C5(c7ccccc7-c7ccccc75)c5ccccc5-6)cc4)cc3)cc2)cc1. The van der Waals surface area contributed by atoms with Crippen LogP contribution >= 0.6 is 0 Å². The van der Waals surface area contributed by atoms with Crippen LogP contribution in [0.15, 0.2) is 503 Å². The standard InChI is InChI=1S/C73H50N2.C49H33N/c1-4-17-51(18-5-1)54-31-41-59(42-32-54)74(60-43-33-55(34-44-60)52-19-6-2-7-20-52)61-45-35-57(36-46-61)58-39-49-63(50-40-58)75(62-47-37-56(38-48-62)53-21-8-3-9-22-53)71-30-16-26-67-66-25-12-15-29-70(66)73(72(67)71)68-27-13-10-23-64(68)65-24-11-14-28-69(65)73;1-3-14-34(15-4-1)36-26-30-38(31-27-36)50(39-32-28-37(29-33-39)35-16-5-2-6-17-35)47-25-13-24-46-48(47)42-20-9-12-23-45(42)49(46)43-21-10-7-18-40(43)41-19-8-11-22-44(41)49/h1-50H;1-33H/i;1D,2D,3D,4D,5D,6D,14D,15D,16D,17D,26D,27D,28D,29D,30D,31D,32D,33D. The largest absolute Gasteiger partial charge is 0.311 e. The van der Waals surface area contributed by atoms with E-state index in [2.05, 4.69) is 313 Å². The molecule has 0 atom stereocenters. The average molecular weight is 1610 g/mol. The summed E-state index contributed by atoms with van der Waals surface area (Å²) in [6, 6.07) is 125. The molecule has 3 heteroatoms. The lowest BCUT2D eigenvalue weighted by molar-refractivity contribution is 0.793. The van der Waals surface area contributed by atoms with Crippen molar-refractivity contribution in [3.8, 4) is 111 Å². The highest BCUT2D eigenvalue weighted by atomic mass is 15.2. The van der Waals surface area contributed by atoms with E-state index in [1.54, 1.807) is 12.1 Å². The van der Waals surface area contributed by atoms with Gasteiger partial charge in [0.05, 0.1) is 46.9 Å². The maximum Gasteiger partial charge on any atom is 0.0746 e. The van der Waals surface area contributed by atoms with Crippen molar-refractivity contribution in [3.05, 3.63) is 548 Å². The average Bonchev–Trinajstić information content (AvgIpc) is 1.48. The van der Waals surface area contributed by atoms with Crippen LogP contribution in [0.5, 0.6) is 0 Å². The maximum absolute atomic E-state index is 9.68. The van der Waals surface area contributed by atoms with E-state index in [-0.39, 0.29) is 5.69 Å². The van der Waals surface area contributed by atoms with Crippen LogP contribution in [0.3, 0.4) is 0 Å². The summed E-state index contributed by atoms with van der Waals surface area (Å²) in [7, 11) is 0. The Kier molecular flexibility index (Phi) is 14.2. The molecule has 125 heavy (non-hydrogen) atoms. The summed E-state index contributed by atoms with van der Waals surface area (Å²) >= 11 is 0. The molecule has 0 aromatic heterocycles. The normalized spacial score (nSPS) is 14.6. The molecule has 0 unspecified atom stereocenters. The van der Waals surface area contributed by atoms with Gasteiger partial charge in [-0.25, -0.2) is 0 Å². The molecule has 0 N–H and O–H groups in total. The van der Waals surface area contributed by atoms with Gasteiger partial charge in [-0.05, 0) is 242 Å². The predicted molar refractivity (Wildman–Crippen MR) is 522 cm³/mol. The second kappa shape index (κ2) is 31.1. The van der Waals surface area contributed by atoms with Crippen LogP contribution in [0.2, 0.25) is 0 Å². The Morgan fingerprint density at radius 1 is 0.152 bits per heavy atom. The van der Waals surface area contributed by atoms with Gasteiger partial charge in [-0.15, -0.1) is 0 Å². The summed E-state index contributed by atoms with van der Waals surface area (Å²) in [5.41, 5.74) is 28.1. The highest BCUT2D eigenvalue weighted by molar-refractivity contribution is 6.03. The molecule has 0 aliphatic heterocycles. The molecule has 3 nitrogen and oxygen atoms in total. The Morgan fingerprint density at radius 3 is 0.760 bits per heavy atom. The lowest BCUT2D eigenvalue weighted by Crippen LogP contribution is -2.28. The third kappa shape index (κ3) is 12.4. The third-order valence-electron chi connectivity index (χ3n) is 24.9. The van der Waals surface area contributed by atoms with E-state index in [0.717, 1.165) is 78.0 Å². The lowest BCUT2D eigenvalue weighted by Gasteiger charge is -2.36. The van der Waals surface area contributed by atoms with Crippen LogP contribution in [0.1, 0.15) is 69.2 Å². The molecule has 0 heterocycles. The smallest absolute Gasteiger partial charge is 0.0746 e. The minimum atomic E-state index is -0.972. The second-order valence-electron chi connectivity index (χ2n) is 31.5. The number of hydrogen-bond donors (Lipinski definition) is 0. The molecule has 20 aromatic carbocycles. The minimum Gasteiger partial charge on any atom is -0.311 e. The fourth-order valence-corrected chi connectivity index (χ4v) is 19.6. The van der Waals surface area contributed by atoms with Crippen molar-refractivity contribution in [1.29, 1.82) is 0 Å². The Bertz CT molecular complexity index is 8160. The van der Waals surface area contributed by atoms with E-state index in [1.165, 1.54) is 77.9 Å². The zero-order valence-electron chi connectivity index (χ0n) is 85.4. The van der Waals surface area contributed by atoms with E-state index in [9.17, 15) is 11.0 Å². The summed E-state index contributed by atoms with van der Waals surface area (Å²) in [6.45, 7) is 0. The van der Waals surface area contributed by atoms with Crippen molar-refractivity contribution in [3.63, 3.8) is 0 Å². The summed E-state index contributed by atoms with van der Waals surface area (Å²) < 4.78 is 161. The molecule has 0 saturated carbocycles. The molecule has 4 aliphatic carbocycles. The van der Waals surface area contributed by atoms with Gasteiger partial charge in [-0.3, -0.25) is 0 Å². The zero-order chi connectivity index (χ0) is 98.4. The molecule has 0 bridgehead atoms. The summed E-state index contributed by atoms with van der Waals surface area (Å²) in [5.74, 6) is 0. The number of nitrogens with zero attached hydrogens (tertiary/aromatic N) is 3. The first-order chi connectivity index (χ1) is 69.5. The van der Waals surface area contributed by atoms with Crippen LogP contribution in [0, 0.1) is 0 Å². The number of anilines is 9. The van der Waals surface area contributed by atoms with Gasteiger partial charge in [-0.2, -0.15) is 0 Å². The Hall–Kier alpha value is -16.2. The lowest BCUT2D eigenvalue weighted by atomic mass is 9.70. The molecule has 0 radical (unpaired) electrons. The number of fused-ring (bicyclic) bond motifs is 20. The molecule has 24 rings (SSSR count). The third-order valence-corrected chi connectivity index (χ3v) is 24.9. The van der Waals surface area contributed by atoms with E-state index < -0.39 is 153 Å². The van der Waals surface area contributed by atoms with E-state index in [4.69, 9.17) is 13.7 Å². The van der Waals surface area contributed by atoms with Gasteiger partial charge in [-0.1, -0.05) is 406 Å². The van der Waals surface area contributed by atoms with Gasteiger partial charge >= 0.3 is 0 Å². The molecule has 0 amide bonds. The van der Waals surface area contributed by atoms with Crippen LogP contribution in [-0.2, 0) is 10.8 Å². The van der Waals surface area contributed by atoms with E-state index >= 15 is 0 Å². The van der Waals surface area contributed by atoms with Crippen LogP contribution < -0.4 is 14.7 Å². The van der Waals surface area contributed by atoms with Crippen molar-refractivity contribution in [2.45, 2.75) is 10.8 Å². The fraction of sp³-hybridized carbons (Fsp3) is 0.0164. The number of hydrogen-bond acceptors (Lipinski definition) is 3. The van der Waals surface area contributed by atoms with E-state index in [1.807, 2.05) is 78.9 Å². The summed E-state index contributed by atoms with van der Waals surface area (Å²) in [6.07, 6.45) is 0. The quantitative estimate of drug-likeness (QED) is 0.101. The highest BCUT2D eigenvalue weighted by Gasteiger charge is 2.55. The van der Waals surface area contributed by atoms with Crippen molar-refractivity contribution in [2.24, 2.45) is 0 Å². The Balaban J connectivity index is 0.000000160. The Morgan fingerprint density at radius 2 is 0.400 bits per heavy atom. The molecular weight excluding hydrogens is 1510 g/mol. The predicted octanol–water partition coefficient (Wildman–Crippen LogP) is 32.5. The molecule has 20 aromatic rings. The molecular formula is C122H83N3. The first kappa shape index (κ1) is 57.1. The van der Waals surface area contributed by atoms with Gasteiger partial charge in [0, 0.05) is 50.9 Å². The first-order valence-electron chi connectivity index (χ1n) is 50.8. The van der Waals surface area contributed by atoms with Crippen molar-refractivity contribution in [2.75, 3.05) is 14.7 Å². The minimum absolute atomic E-state index is 0.0985. The topological polar surface area (TPSA) is 9.72 Å². The number of rotatable bonds is 15. The molecule has 0 fully saturated rings. The Labute approximate surface area is 756 Å². The van der Waals surface area contributed by atoms with Crippen molar-refractivity contribution >= 4 is 51.2 Å². The van der Waals surface area contributed by atoms with Gasteiger partial charge in [0.15, 0.2) is 0 Å². The molecule has 0 saturated heterocycles. The summed E-state index contributed by atoms with van der Waals surface area (Å²) in [4.78, 5) is 5.95. The van der Waals surface area contributed by atoms with Crippen LogP contribution in [-0.4, -0.2) is 0 Å². The van der Waals surface area contributed by atoms with Gasteiger partial charge < -0.3 is 14.7 Å². The van der Waals surface area contributed by atoms with Gasteiger partial charge in [0.2, 0.25) is 0 Å². The van der Waals surface area contributed by atoms with Crippen molar-refractivity contribution < 1.29 is 24.7 Å². The number of benzene rings is 20. The zero-order valence-corrected chi connectivity index (χ0v) is 67.4. The van der Waals surface area contributed by atoms with Crippen LogP contribution in [0.4, 0.5) is 51.2 Å². The first-order valence-corrected chi connectivity index (χ1v) is 41.8. The summed E-state index contributed by atoms with van der Waals surface area (Å²) in [5, 5.41) is 0. The molecule has 586 valence electrons. The second-order valence-corrected chi connectivity index (χ2v) is 31.5. The van der Waals surface area contributed by atoms with Crippen molar-refractivity contribution in [1.82, 2.24) is 0 Å². The molecule has 4 aliphatic rings.